The van der Waals surface area contributed by atoms with Gasteiger partial charge in [0.05, 0.1) is 5.71 Å². The van der Waals surface area contributed by atoms with E-state index in [0.29, 0.717) is 29.9 Å². The molecule has 1 saturated heterocycles. The van der Waals surface area contributed by atoms with Crippen LogP contribution in [0.1, 0.15) is 16.8 Å². The number of anilines is 1. The van der Waals surface area contributed by atoms with Crippen LogP contribution in [0.3, 0.4) is 0 Å². The van der Waals surface area contributed by atoms with Crippen molar-refractivity contribution in [1.82, 2.24) is 10.2 Å². The van der Waals surface area contributed by atoms with Crippen molar-refractivity contribution in [2.45, 2.75) is 6.42 Å². The number of aliphatic imine (C=N–C) groups is 1. The summed E-state index contributed by atoms with van der Waals surface area (Å²) in [6, 6.07) is 6.43. The lowest BCUT2D eigenvalue weighted by molar-refractivity contribution is 0.0766. The highest BCUT2D eigenvalue weighted by atomic mass is 32.2. The molecule has 2 N–H and O–H groups in total. The van der Waals surface area contributed by atoms with Crippen LogP contribution in [-0.4, -0.2) is 51.1 Å². The van der Waals surface area contributed by atoms with Crippen molar-refractivity contribution < 1.29 is 13.2 Å². The Morgan fingerprint density at radius 1 is 1.21 bits per heavy atom. The third-order valence-electron chi connectivity index (χ3n) is 4.60. The van der Waals surface area contributed by atoms with E-state index in [1.807, 2.05) is 4.90 Å². The van der Waals surface area contributed by atoms with Crippen LogP contribution in [0.25, 0.3) is 0 Å². The lowest BCUT2D eigenvalue weighted by atomic mass is 10.1. The van der Waals surface area contributed by atoms with Gasteiger partial charge < -0.3 is 10.2 Å². The highest BCUT2D eigenvalue weighted by molar-refractivity contribution is 7.97. The third kappa shape index (κ3) is 4.90. The van der Waals surface area contributed by atoms with Gasteiger partial charge in [-0.15, -0.1) is 0 Å². The molecule has 1 aliphatic heterocycles. The fraction of sp³-hybridized carbons (Fsp3) is 0.238. The SMILES string of the molecule is C=C/N=C1\C(=C)C=CC=C1S(=O)(=O)Nc1ccc(C(=O)N2CCCNCC2)cc1. The van der Waals surface area contributed by atoms with Crippen LogP contribution in [0, 0.1) is 0 Å². The van der Waals surface area contributed by atoms with E-state index < -0.39 is 10.0 Å². The van der Waals surface area contributed by atoms with Gasteiger partial charge in [0.2, 0.25) is 0 Å². The molecule has 0 spiro atoms. The molecule has 0 bridgehead atoms. The normalized spacial score (nSPS) is 18.9. The summed E-state index contributed by atoms with van der Waals surface area (Å²) in [6.07, 6.45) is 6.94. The highest BCUT2D eigenvalue weighted by Crippen LogP contribution is 2.23. The smallest absolute Gasteiger partial charge is 0.264 e. The van der Waals surface area contributed by atoms with E-state index in [0.717, 1.165) is 19.5 Å². The minimum atomic E-state index is -3.88. The number of sulfonamides is 1. The Labute approximate surface area is 171 Å². The molecular weight excluding hydrogens is 388 g/mol. The molecular formula is C21H24N4O3S. The maximum Gasteiger partial charge on any atom is 0.264 e. The second kappa shape index (κ2) is 9.02. The average Bonchev–Trinajstić information content (AvgIpc) is 2.99. The fourth-order valence-corrected chi connectivity index (χ4v) is 4.40. The number of hydrogen-bond donors (Lipinski definition) is 2. The van der Waals surface area contributed by atoms with Crippen LogP contribution in [0.2, 0.25) is 0 Å². The monoisotopic (exact) mass is 412 g/mol. The van der Waals surface area contributed by atoms with Gasteiger partial charge in [-0.3, -0.25) is 14.5 Å². The summed E-state index contributed by atoms with van der Waals surface area (Å²) < 4.78 is 28.2. The lowest BCUT2D eigenvalue weighted by Crippen LogP contribution is -2.34. The molecule has 29 heavy (non-hydrogen) atoms. The summed E-state index contributed by atoms with van der Waals surface area (Å²) >= 11 is 0. The van der Waals surface area contributed by atoms with Gasteiger partial charge >= 0.3 is 0 Å². The first kappa shape index (κ1) is 20.8. The first-order chi connectivity index (χ1) is 13.9. The second-order valence-electron chi connectivity index (χ2n) is 6.65. The molecule has 8 heteroatoms. The molecule has 152 valence electrons. The van der Waals surface area contributed by atoms with E-state index in [1.54, 1.807) is 36.4 Å². The Balaban J connectivity index is 1.76. The Morgan fingerprint density at radius 2 is 1.97 bits per heavy atom. The standard InChI is InChI=1S/C21H24N4O3S/c1-3-23-20-16(2)6-4-7-19(20)29(27,28)24-18-10-8-17(9-11-18)21(26)25-14-5-12-22-13-15-25/h3-4,6-11,22,24H,1-2,5,12-15H2/b23-20+. The van der Waals surface area contributed by atoms with Crippen LogP contribution >= 0.6 is 0 Å². The van der Waals surface area contributed by atoms with Crippen LogP contribution < -0.4 is 10.0 Å². The summed E-state index contributed by atoms with van der Waals surface area (Å²) in [6.45, 7) is 10.4. The zero-order valence-electron chi connectivity index (χ0n) is 16.1. The van der Waals surface area contributed by atoms with E-state index in [9.17, 15) is 13.2 Å². The Morgan fingerprint density at radius 3 is 2.69 bits per heavy atom. The summed E-state index contributed by atoms with van der Waals surface area (Å²) in [5, 5.41) is 3.26. The topological polar surface area (TPSA) is 90.9 Å². The maximum absolute atomic E-state index is 12.8. The van der Waals surface area contributed by atoms with Crippen molar-refractivity contribution in [2.24, 2.45) is 4.99 Å². The summed E-state index contributed by atoms with van der Waals surface area (Å²) in [4.78, 5) is 18.5. The van der Waals surface area contributed by atoms with Crippen molar-refractivity contribution in [3.05, 3.63) is 77.9 Å². The van der Waals surface area contributed by atoms with Gasteiger partial charge in [-0.1, -0.05) is 25.3 Å². The third-order valence-corrected chi connectivity index (χ3v) is 6.02. The number of carbonyl (C=O) groups is 1. The first-order valence-corrected chi connectivity index (χ1v) is 10.8. The zero-order chi connectivity index (χ0) is 20.9. The minimum absolute atomic E-state index is 0.0159. The first-order valence-electron chi connectivity index (χ1n) is 9.32. The summed E-state index contributed by atoms with van der Waals surface area (Å²) in [5.41, 5.74) is 1.62. The molecule has 7 nitrogen and oxygen atoms in total. The number of rotatable bonds is 5. The van der Waals surface area contributed by atoms with E-state index in [4.69, 9.17) is 0 Å². The van der Waals surface area contributed by atoms with Gasteiger partial charge in [0.15, 0.2) is 0 Å². The Hall–Kier alpha value is -2.97. The van der Waals surface area contributed by atoms with Gasteiger partial charge in [0.1, 0.15) is 4.91 Å². The molecule has 0 aromatic heterocycles. The second-order valence-corrected chi connectivity index (χ2v) is 8.30. The molecule has 1 heterocycles. The summed E-state index contributed by atoms with van der Waals surface area (Å²) in [5.74, 6) is -0.0556. The molecule has 1 fully saturated rings. The van der Waals surface area contributed by atoms with Crippen molar-refractivity contribution >= 4 is 27.3 Å². The number of benzene rings is 1. The minimum Gasteiger partial charge on any atom is -0.337 e. The van der Waals surface area contributed by atoms with E-state index >= 15 is 0 Å². The van der Waals surface area contributed by atoms with Crippen molar-refractivity contribution in [3.8, 4) is 0 Å². The Bertz CT molecular complexity index is 997. The fourth-order valence-electron chi connectivity index (χ4n) is 3.14. The quantitative estimate of drug-likeness (QED) is 0.777. The molecule has 0 radical (unpaired) electrons. The zero-order valence-corrected chi connectivity index (χ0v) is 16.9. The predicted octanol–water partition coefficient (Wildman–Crippen LogP) is 2.46. The molecule has 1 aromatic carbocycles. The Kier molecular flexibility index (Phi) is 6.46. The molecule has 1 aromatic rings. The molecule has 0 unspecified atom stereocenters. The molecule has 0 atom stereocenters. The molecule has 3 rings (SSSR count). The van der Waals surface area contributed by atoms with Crippen LogP contribution in [0.4, 0.5) is 5.69 Å². The number of nitrogens with zero attached hydrogens (tertiary/aromatic N) is 2. The van der Waals surface area contributed by atoms with E-state index in [-0.39, 0.29) is 16.5 Å². The average molecular weight is 413 g/mol. The highest BCUT2D eigenvalue weighted by Gasteiger charge is 2.25. The van der Waals surface area contributed by atoms with Crippen LogP contribution in [0.15, 0.2) is 77.3 Å². The number of hydrogen-bond acceptors (Lipinski definition) is 5. The molecule has 2 aliphatic rings. The molecule has 1 amide bonds. The molecule has 1 aliphatic carbocycles. The lowest BCUT2D eigenvalue weighted by Gasteiger charge is -2.20. The molecule has 0 saturated carbocycles. The van der Waals surface area contributed by atoms with E-state index in [1.165, 1.54) is 12.3 Å². The van der Waals surface area contributed by atoms with Crippen molar-refractivity contribution in [2.75, 3.05) is 30.9 Å². The summed E-state index contributed by atoms with van der Waals surface area (Å²) in [7, 11) is -3.88. The van der Waals surface area contributed by atoms with E-state index in [2.05, 4.69) is 28.2 Å². The largest absolute Gasteiger partial charge is 0.337 e. The predicted molar refractivity (Wildman–Crippen MR) is 116 cm³/mol. The van der Waals surface area contributed by atoms with Gasteiger partial charge in [-0.2, -0.15) is 0 Å². The van der Waals surface area contributed by atoms with Crippen LogP contribution in [0.5, 0.6) is 0 Å². The van der Waals surface area contributed by atoms with Gasteiger partial charge in [0.25, 0.3) is 15.9 Å². The number of carbonyl (C=O) groups excluding carboxylic acids is 1. The number of nitrogens with one attached hydrogen (secondary N) is 2. The number of allylic oxidation sites excluding steroid dienone is 5. The van der Waals surface area contributed by atoms with Gasteiger partial charge in [-0.25, -0.2) is 8.42 Å². The number of amides is 1. The maximum atomic E-state index is 12.8. The van der Waals surface area contributed by atoms with Crippen molar-refractivity contribution in [3.63, 3.8) is 0 Å². The van der Waals surface area contributed by atoms with Gasteiger partial charge in [0, 0.05) is 37.1 Å². The van der Waals surface area contributed by atoms with Crippen molar-refractivity contribution in [1.29, 1.82) is 0 Å². The van der Waals surface area contributed by atoms with Gasteiger partial charge in [-0.05, 0) is 48.9 Å². The van der Waals surface area contributed by atoms with Crippen LogP contribution in [-0.2, 0) is 10.0 Å².